The molecule has 0 aromatic heterocycles. The van der Waals surface area contributed by atoms with Gasteiger partial charge in [0.1, 0.15) is 0 Å². The maximum Gasteiger partial charge on any atom is 0.321 e. The van der Waals surface area contributed by atoms with Crippen LogP contribution in [0.25, 0.3) is 0 Å². The second kappa shape index (κ2) is 9.28. The van der Waals surface area contributed by atoms with Crippen molar-refractivity contribution in [2.24, 2.45) is 0 Å². The number of hydrogen-bond acceptors (Lipinski definition) is 2. The molecule has 1 aliphatic rings. The minimum Gasteiger partial charge on any atom is -0.334 e. The molecule has 1 saturated heterocycles. The first-order valence-electron chi connectivity index (χ1n) is 9.00. The second-order valence-corrected chi connectivity index (χ2v) is 6.85. The summed E-state index contributed by atoms with van der Waals surface area (Å²) in [4.78, 5) is 28.4. The van der Waals surface area contributed by atoms with Crippen molar-refractivity contribution >= 4 is 29.4 Å². The zero-order valence-electron chi connectivity index (χ0n) is 15.0. The van der Waals surface area contributed by atoms with E-state index in [4.69, 9.17) is 11.6 Å². The number of amides is 4. The van der Waals surface area contributed by atoms with Crippen LogP contribution in [0.1, 0.15) is 12.0 Å². The molecule has 7 heteroatoms. The largest absolute Gasteiger partial charge is 0.334 e. The molecule has 0 bridgehead atoms. The van der Waals surface area contributed by atoms with Gasteiger partial charge in [-0.1, -0.05) is 48.0 Å². The lowest BCUT2D eigenvalue weighted by Crippen LogP contribution is -2.43. The van der Waals surface area contributed by atoms with Gasteiger partial charge < -0.3 is 20.4 Å². The quantitative estimate of drug-likeness (QED) is 0.842. The van der Waals surface area contributed by atoms with E-state index in [1.54, 1.807) is 34.1 Å². The number of rotatable bonds is 3. The van der Waals surface area contributed by atoms with Crippen molar-refractivity contribution in [2.75, 3.05) is 31.5 Å². The van der Waals surface area contributed by atoms with Gasteiger partial charge in [0.15, 0.2) is 0 Å². The second-order valence-electron chi connectivity index (χ2n) is 6.41. The number of benzene rings is 2. The van der Waals surface area contributed by atoms with Crippen LogP contribution in [-0.2, 0) is 6.54 Å². The Balaban J connectivity index is 1.49. The Morgan fingerprint density at radius 3 is 2.30 bits per heavy atom. The number of hydrogen-bond donors (Lipinski definition) is 2. The molecule has 4 amide bonds. The fourth-order valence-corrected chi connectivity index (χ4v) is 3.17. The van der Waals surface area contributed by atoms with Crippen LogP contribution >= 0.6 is 11.6 Å². The van der Waals surface area contributed by atoms with Crippen LogP contribution < -0.4 is 10.6 Å². The third kappa shape index (κ3) is 5.62. The Hall–Kier alpha value is -2.73. The molecule has 142 valence electrons. The van der Waals surface area contributed by atoms with Crippen LogP contribution in [0, 0.1) is 0 Å². The van der Waals surface area contributed by atoms with Crippen molar-refractivity contribution in [3.8, 4) is 0 Å². The van der Waals surface area contributed by atoms with Gasteiger partial charge in [0.05, 0.1) is 0 Å². The van der Waals surface area contributed by atoms with Gasteiger partial charge in [0.2, 0.25) is 0 Å². The van der Waals surface area contributed by atoms with Crippen LogP contribution in [0.15, 0.2) is 54.6 Å². The Labute approximate surface area is 164 Å². The van der Waals surface area contributed by atoms with E-state index in [-0.39, 0.29) is 12.1 Å². The monoisotopic (exact) mass is 386 g/mol. The summed E-state index contributed by atoms with van der Waals surface area (Å²) in [6.07, 6.45) is 0.738. The van der Waals surface area contributed by atoms with Crippen molar-refractivity contribution in [3.05, 3.63) is 65.2 Å². The van der Waals surface area contributed by atoms with Crippen molar-refractivity contribution < 1.29 is 9.59 Å². The number of halogens is 1. The summed E-state index contributed by atoms with van der Waals surface area (Å²) in [7, 11) is 0. The molecule has 27 heavy (non-hydrogen) atoms. The third-order valence-corrected chi connectivity index (χ3v) is 4.67. The molecule has 0 unspecified atom stereocenters. The first-order valence-corrected chi connectivity index (χ1v) is 9.38. The molecule has 1 heterocycles. The first-order chi connectivity index (χ1) is 13.1. The van der Waals surface area contributed by atoms with Gasteiger partial charge in [0.25, 0.3) is 0 Å². The molecule has 0 atom stereocenters. The lowest BCUT2D eigenvalue weighted by Gasteiger charge is -2.23. The summed E-state index contributed by atoms with van der Waals surface area (Å²) in [5.74, 6) is 0. The third-order valence-electron chi connectivity index (χ3n) is 4.43. The lowest BCUT2D eigenvalue weighted by atomic mass is 10.2. The molecule has 1 fully saturated rings. The Morgan fingerprint density at radius 2 is 1.59 bits per heavy atom. The van der Waals surface area contributed by atoms with E-state index >= 15 is 0 Å². The number of nitrogens with one attached hydrogen (secondary N) is 2. The zero-order valence-corrected chi connectivity index (χ0v) is 15.8. The molecule has 2 aromatic rings. The van der Waals surface area contributed by atoms with Crippen LogP contribution in [0.3, 0.4) is 0 Å². The normalized spacial score (nSPS) is 14.4. The molecule has 2 N–H and O–H groups in total. The topological polar surface area (TPSA) is 64.7 Å². The minimum atomic E-state index is -0.177. The van der Waals surface area contributed by atoms with Gasteiger partial charge in [-0.2, -0.15) is 0 Å². The molecule has 1 aliphatic heterocycles. The average molecular weight is 387 g/mol. The molecule has 0 spiro atoms. The van der Waals surface area contributed by atoms with Crippen LogP contribution in [0.5, 0.6) is 0 Å². The van der Waals surface area contributed by atoms with E-state index in [2.05, 4.69) is 10.6 Å². The molecular weight excluding hydrogens is 364 g/mol. The summed E-state index contributed by atoms with van der Waals surface area (Å²) in [5.41, 5.74) is 1.72. The fraction of sp³-hybridized carbons (Fsp3) is 0.300. The lowest BCUT2D eigenvalue weighted by molar-refractivity contribution is 0.195. The highest BCUT2D eigenvalue weighted by atomic mass is 35.5. The van der Waals surface area contributed by atoms with Crippen LogP contribution in [0.2, 0.25) is 5.02 Å². The highest BCUT2D eigenvalue weighted by Crippen LogP contribution is 2.16. The number of carbonyl (C=O) groups is 2. The predicted octanol–water partition coefficient (Wildman–Crippen LogP) is 3.79. The van der Waals surface area contributed by atoms with Crippen molar-refractivity contribution in [2.45, 2.75) is 13.0 Å². The van der Waals surface area contributed by atoms with E-state index < -0.39 is 0 Å². The SMILES string of the molecule is O=C(NCc1ccccc1)N1CCCN(C(=O)Nc2cccc(Cl)c2)CC1. The summed E-state index contributed by atoms with van der Waals surface area (Å²) in [6.45, 7) is 2.72. The van der Waals surface area contributed by atoms with E-state index in [1.807, 2.05) is 30.3 Å². The average Bonchev–Trinajstić information content (AvgIpc) is 2.93. The Morgan fingerprint density at radius 1 is 0.889 bits per heavy atom. The maximum atomic E-state index is 12.5. The molecule has 0 radical (unpaired) electrons. The molecular formula is C20H23ClN4O2. The number of urea groups is 2. The molecule has 3 rings (SSSR count). The number of nitrogens with zero attached hydrogens (tertiary/aromatic N) is 2. The van der Waals surface area contributed by atoms with E-state index in [9.17, 15) is 9.59 Å². The van der Waals surface area contributed by atoms with Gasteiger partial charge in [-0.25, -0.2) is 9.59 Å². The summed E-state index contributed by atoms with van der Waals surface area (Å²) < 4.78 is 0. The highest BCUT2D eigenvalue weighted by Gasteiger charge is 2.22. The molecule has 0 saturated carbocycles. The van der Waals surface area contributed by atoms with Crippen LogP contribution in [-0.4, -0.2) is 48.0 Å². The Bertz CT molecular complexity index is 785. The first kappa shape index (κ1) is 19.0. The standard InChI is InChI=1S/C20H23ClN4O2/c21-17-8-4-9-18(14-17)23-20(27)25-11-5-10-24(12-13-25)19(26)22-15-16-6-2-1-3-7-16/h1-4,6-9,14H,5,10-13,15H2,(H,22,26)(H,23,27). The summed E-state index contributed by atoms with van der Waals surface area (Å²) >= 11 is 5.95. The van der Waals surface area contributed by atoms with E-state index in [1.165, 1.54) is 0 Å². The smallest absolute Gasteiger partial charge is 0.321 e. The number of anilines is 1. The van der Waals surface area contributed by atoms with E-state index in [0.717, 1.165) is 12.0 Å². The van der Waals surface area contributed by atoms with Crippen molar-refractivity contribution in [1.82, 2.24) is 15.1 Å². The maximum absolute atomic E-state index is 12.5. The van der Waals surface area contributed by atoms with Crippen molar-refractivity contribution in [1.29, 1.82) is 0 Å². The predicted molar refractivity (Wildman–Crippen MR) is 107 cm³/mol. The molecule has 6 nitrogen and oxygen atoms in total. The summed E-state index contributed by atoms with van der Waals surface area (Å²) in [6, 6.07) is 16.6. The van der Waals surface area contributed by atoms with E-state index in [0.29, 0.717) is 43.4 Å². The summed E-state index contributed by atoms with van der Waals surface area (Å²) in [5, 5.41) is 6.37. The van der Waals surface area contributed by atoms with Gasteiger partial charge in [0, 0.05) is 43.4 Å². The van der Waals surface area contributed by atoms with Crippen molar-refractivity contribution in [3.63, 3.8) is 0 Å². The van der Waals surface area contributed by atoms with Gasteiger partial charge in [-0.3, -0.25) is 0 Å². The van der Waals surface area contributed by atoms with Gasteiger partial charge >= 0.3 is 12.1 Å². The Kier molecular flexibility index (Phi) is 6.54. The fourth-order valence-electron chi connectivity index (χ4n) is 2.98. The molecule has 0 aliphatic carbocycles. The zero-order chi connectivity index (χ0) is 19.1. The molecule has 2 aromatic carbocycles. The highest BCUT2D eigenvalue weighted by molar-refractivity contribution is 6.30. The van der Waals surface area contributed by atoms with Gasteiger partial charge in [-0.05, 0) is 30.2 Å². The van der Waals surface area contributed by atoms with Crippen LogP contribution in [0.4, 0.5) is 15.3 Å². The number of carbonyl (C=O) groups excluding carboxylic acids is 2. The minimum absolute atomic E-state index is 0.101. The van der Waals surface area contributed by atoms with Gasteiger partial charge in [-0.15, -0.1) is 0 Å².